The molecule has 2 heterocycles. The molecule has 1 N–H and O–H groups in total. The van der Waals surface area contributed by atoms with Crippen LogP contribution in [0.3, 0.4) is 0 Å². The van der Waals surface area contributed by atoms with Gasteiger partial charge in [-0.15, -0.1) is 0 Å². The molecule has 5 nitrogen and oxygen atoms in total. The van der Waals surface area contributed by atoms with E-state index in [1.165, 1.54) is 0 Å². The second-order valence-corrected chi connectivity index (χ2v) is 2.68. The lowest BCUT2D eigenvalue weighted by Gasteiger charge is -2.28. The van der Waals surface area contributed by atoms with E-state index in [0.29, 0.717) is 13.2 Å². The van der Waals surface area contributed by atoms with Crippen LogP contribution in [-0.4, -0.2) is 36.0 Å². The lowest BCUT2D eigenvalue weighted by Crippen LogP contribution is -2.47. The average Bonchev–Trinajstić information content (AvgIpc) is 2.53. The Morgan fingerprint density at radius 2 is 2.17 bits per heavy atom. The first-order valence-electron chi connectivity index (χ1n) is 3.97. The van der Waals surface area contributed by atoms with Crippen LogP contribution in [0.1, 0.15) is 0 Å². The Balaban J connectivity index is 2.18. The molecule has 5 heteroatoms. The summed E-state index contributed by atoms with van der Waals surface area (Å²) < 4.78 is 6.76. The lowest BCUT2D eigenvalue weighted by atomic mass is 10.5. The Labute approximate surface area is 69.5 Å². The predicted molar refractivity (Wildman–Crippen MR) is 43.8 cm³/mol. The van der Waals surface area contributed by atoms with E-state index in [9.17, 15) is 4.79 Å². The quantitative estimate of drug-likeness (QED) is 0.595. The fraction of sp³-hybridized carbons (Fsp3) is 0.571. The van der Waals surface area contributed by atoms with Crippen molar-refractivity contribution in [1.29, 1.82) is 0 Å². The van der Waals surface area contributed by atoms with Crippen molar-refractivity contribution in [2.75, 3.05) is 31.3 Å². The van der Waals surface area contributed by atoms with Crippen molar-refractivity contribution in [3.05, 3.63) is 22.9 Å². The summed E-state index contributed by atoms with van der Waals surface area (Å²) in [6, 6.07) is 0. The molecule has 66 valence electrons. The Bertz CT molecular complexity index is 298. The topological polar surface area (TPSA) is 50.3 Å². The third-order valence-electron chi connectivity index (χ3n) is 1.92. The van der Waals surface area contributed by atoms with E-state index in [1.807, 2.05) is 5.01 Å². The summed E-state index contributed by atoms with van der Waals surface area (Å²) >= 11 is 0. The zero-order valence-electron chi connectivity index (χ0n) is 6.69. The second kappa shape index (κ2) is 3.02. The first-order chi connectivity index (χ1) is 5.88. The van der Waals surface area contributed by atoms with E-state index in [2.05, 4.69) is 4.98 Å². The van der Waals surface area contributed by atoms with Crippen LogP contribution < -0.4 is 10.7 Å². The van der Waals surface area contributed by atoms with Crippen LogP contribution in [0.5, 0.6) is 0 Å². The SMILES string of the molecule is O=c1[nH]ccn1N1CCOCC1. The van der Waals surface area contributed by atoms with Crippen LogP contribution in [0.4, 0.5) is 0 Å². The normalized spacial score (nSPS) is 18.2. The van der Waals surface area contributed by atoms with Gasteiger partial charge in [-0.05, 0) is 0 Å². The lowest BCUT2D eigenvalue weighted by molar-refractivity contribution is 0.110. The highest BCUT2D eigenvalue weighted by atomic mass is 16.5. The van der Waals surface area contributed by atoms with Crippen LogP contribution in [0.2, 0.25) is 0 Å². The molecule has 1 saturated heterocycles. The Hall–Kier alpha value is -1.23. The molecule has 0 amide bonds. The third-order valence-corrected chi connectivity index (χ3v) is 1.92. The van der Waals surface area contributed by atoms with Gasteiger partial charge in [0.25, 0.3) is 0 Å². The first-order valence-corrected chi connectivity index (χ1v) is 3.97. The van der Waals surface area contributed by atoms with Crippen molar-refractivity contribution < 1.29 is 4.74 Å². The van der Waals surface area contributed by atoms with Crippen molar-refractivity contribution in [2.45, 2.75) is 0 Å². The van der Waals surface area contributed by atoms with Gasteiger partial charge in [-0.3, -0.25) is 0 Å². The van der Waals surface area contributed by atoms with Crippen molar-refractivity contribution in [3.8, 4) is 0 Å². The standard InChI is InChI=1S/C7H11N3O2/c11-7-8-1-2-10(7)9-3-5-12-6-4-9/h1-2H,3-6H2,(H,8,11). The molecule has 1 aliphatic heterocycles. The van der Waals surface area contributed by atoms with E-state index in [4.69, 9.17) is 4.74 Å². The summed E-state index contributed by atoms with van der Waals surface area (Å²) in [5, 5.41) is 1.96. The number of aromatic amines is 1. The van der Waals surface area contributed by atoms with Crippen LogP contribution >= 0.6 is 0 Å². The smallest absolute Gasteiger partial charge is 0.344 e. The van der Waals surface area contributed by atoms with Gasteiger partial charge >= 0.3 is 5.69 Å². The maximum absolute atomic E-state index is 11.1. The fourth-order valence-corrected chi connectivity index (χ4v) is 1.30. The molecule has 0 aromatic carbocycles. The molecule has 12 heavy (non-hydrogen) atoms. The number of rotatable bonds is 1. The summed E-state index contributed by atoms with van der Waals surface area (Å²) in [6.45, 7) is 2.94. The Morgan fingerprint density at radius 3 is 2.75 bits per heavy atom. The molecule has 0 aliphatic carbocycles. The molecule has 1 aromatic rings. The average molecular weight is 169 g/mol. The Morgan fingerprint density at radius 1 is 1.42 bits per heavy atom. The van der Waals surface area contributed by atoms with Crippen molar-refractivity contribution in [3.63, 3.8) is 0 Å². The van der Waals surface area contributed by atoms with E-state index in [-0.39, 0.29) is 5.69 Å². The van der Waals surface area contributed by atoms with E-state index < -0.39 is 0 Å². The highest BCUT2D eigenvalue weighted by Crippen LogP contribution is 1.93. The van der Waals surface area contributed by atoms with Crippen molar-refractivity contribution in [2.24, 2.45) is 0 Å². The van der Waals surface area contributed by atoms with Crippen molar-refractivity contribution >= 4 is 0 Å². The minimum Gasteiger partial charge on any atom is -0.378 e. The van der Waals surface area contributed by atoms with Gasteiger partial charge in [0.1, 0.15) is 0 Å². The summed E-state index contributed by atoms with van der Waals surface area (Å²) in [5.41, 5.74) is -0.0862. The molecule has 1 aromatic heterocycles. The number of nitrogens with one attached hydrogen (secondary N) is 1. The van der Waals surface area contributed by atoms with Gasteiger partial charge in [-0.1, -0.05) is 0 Å². The van der Waals surface area contributed by atoms with E-state index in [1.54, 1.807) is 17.1 Å². The number of aromatic nitrogens is 2. The first kappa shape index (κ1) is 7.42. The summed E-state index contributed by atoms with van der Waals surface area (Å²) in [6.07, 6.45) is 3.37. The minimum atomic E-state index is -0.0862. The zero-order chi connectivity index (χ0) is 8.39. The number of hydrogen-bond donors (Lipinski definition) is 1. The number of imidazole rings is 1. The van der Waals surface area contributed by atoms with Crippen LogP contribution in [-0.2, 0) is 4.74 Å². The summed E-state index contributed by atoms with van der Waals surface area (Å²) in [7, 11) is 0. The van der Waals surface area contributed by atoms with Crippen LogP contribution in [0.15, 0.2) is 17.2 Å². The predicted octanol–water partition coefficient (Wildman–Crippen LogP) is -0.855. The third kappa shape index (κ3) is 1.23. The van der Waals surface area contributed by atoms with Crippen LogP contribution in [0.25, 0.3) is 0 Å². The Kier molecular flexibility index (Phi) is 1.87. The molecule has 0 unspecified atom stereocenters. The highest BCUT2D eigenvalue weighted by Gasteiger charge is 2.11. The van der Waals surface area contributed by atoms with E-state index in [0.717, 1.165) is 13.1 Å². The summed E-state index contributed by atoms with van der Waals surface area (Å²) in [5.74, 6) is 0. The molecule has 0 radical (unpaired) electrons. The van der Waals surface area contributed by atoms with Gasteiger partial charge in [-0.25, -0.2) is 9.47 Å². The van der Waals surface area contributed by atoms with Gasteiger partial charge < -0.3 is 14.7 Å². The molecule has 1 aliphatic rings. The molecule has 2 rings (SSSR count). The second-order valence-electron chi connectivity index (χ2n) is 2.68. The van der Waals surface area contributed by atoms with Gasteiger partial charge in [0.2, 0.25) is 0 Å². The molecule has 0 atom stereocenters. The number of hydrogen-bond acceptors (Lipinski definition) is 3. The van der Waals surface area contributed by atoms with Crippen molar-refractivity contribution in [1.82, 2.24) is 9.66 Å². The van der Waals surface area contributed by atoms with Gasteiger partial charge in [0.15, 0.2) is 0 Å². The number of H-pyrrole nitrogens is 1. The molecular weight excluding hydrogens is 158 g/mol. The maximum atomic E-state index is 11.1. The van der Waals surface area contributed by atoms with E-state index >= 15 is 0 Å². The monoisotopic (exact) mass is 169 g/mol. The largest absolute Gasteiger partial charge is 0.378 e. The zero-order valence-corrected chi connectivity index (χ0v) is 6.69. The number of ether oxygens (including phenoxy) is 1. The maximum Gasteiger partial charge on any atom is 0.344 e. The van der Waals surface area contributed by atoms with Gasteiger partial charge in [-0.2, -0.15) is 0 Å². The summed E-state index contributed by atoms with van der Waals surface area (Å²) in [4.78, 5) is 13.7. The molecule has 0 spiro atoms. The molecule has 1 fully saturated rings. The number of morpholine rings is 1. The number of nitrogens with zero attached hydrogens (tertiary/aromatic N) is 2. The molecule has 0 saturated carbocycles. The minimum absolute atomic E-state index is 0.0862. The fourth-order valence-electron chi connectivity index (χ4n) is 1.30. The van der Waals surface area contributed by atoms with Crippen LogP contribution in [0, 0.1) is 0 Å². The molecular formula is C7H11N3O2. The van der Waals surface area contributed by atoms with Gasteiger partial charge in [0.05, 0.1) is 26.3 Å². The highest BCUT2D eigenvalue weighted by molar-refractivity contribution is 4.91. The van der Waals surface area contributed by atoms with Gasteiger partial charge in [0, 0.05) is 12.4 Å². The molecule has 0 bridgehead atoms.